The van der Waals surface area contributed by atoms with Crippen LogP contribution in [0.1, 0.15) is 12.0 Å². The standard InChI is InChI=1S/C12H17NO2S/c1-14-8-6-10-2-4-11(5-3-10)15-9-7-12(13)16/h2-5H,6-9H2,1H3,(H2,13,16). The lowest BCUT2D eigenvalue weighted by molar-refractivity contribution is 0.202. The summed E-state index contributed by atoms with van der Waals surface area (Å²) in [6.07, 6.45) is 1.53. The van der Waals surface area contributed by atoms with Gasteiger partial charge in [0.25, 0.3) is 0 Å². The van der Waals surface area contributed by atoms with Crippen molar-refractivity contribution in [2.45, 2.75) is 12.8 Å². The number of hydrogen-bond donors (Lipinski definition) is 1. The van der Waals surface area contributed by atoms with Gasteiger partial charge >= 0.3 is 0 Å². The van der Waals surface area contributed by atoms with Crippen LogP contribution in [0.2, 0.25) is 0 Å². The molecule has 0 bridgehead atoms. The minimum absolute atomic E-state index is 0.483. The van der Waals surface area contributed by atoms with Crippen molar-refractivity contribution < 1.29 is 9.47 Å². The molecule has 0 aromatic heterocycles. The zero-order chi connectivity index (χ0) is 11.8. The van der Waals surface area contributed by atoms with E-state index in [2.05, 4.69) is 0 Å². The topological polar surface area (TPSA) is 44.5 Å². The molecule has 0 fully saturated rings. The predicted octanol–water partition coefficient (Wildman–Crippen LogP) is 1.93. The van der Waals surface area contributed by atoms with Crippen molar-refractivity contribution in [2.24, 2.45) is 5.73 Å². The van der Waals surface area contributed by atoms with Crippen molar-refractivity contribution in [1.29, 1.82) is 0 Å². The molecule has 4 heteroatoms. The van der Waals surface area contributed by atoms with Crippen LogP contribution in [-0.4, -0.2) is 25.3 Å². The summed E-state index contributed by atoms with van der Waals surface area (Å²) >= 11 is 4.76. The lowest BCUT2D eigenvalue weighted by Crippen LogP contribution is -2.12. The largest absolute Gasteiger partial charge is 0.493 e. The molecule has 0 atom stereocenters. The van der Waals surface area contributed by atoms with E-state index >= 15 is 0 Å². The van der Waals surface area contributed by atoms with Crippen molar-refractivity contribution in [3.8, 4) is 5.75 Å². The van der Waals surface area contributed by atoms with E-state index in [1.165, 1.54) is 5.56 Å². The van der Waals surface area contributed by atoms with Gasteiger partial charge in [0.15, 0.2) is 0 Å². The van der Waals surface area contributed by atoms with Crippen LogP contribution in [-0.2, 0) is 11.2 Å². The quantitative estimate of drug-likeness (QED) is 0.738. The zero-order valence-corrected chi connectivity index (χ0v) is 10.3. The Morgan fingerprint density at radius 1 is 1.25 bits per heavy atom. The third-order valence-corrected chi connectivity index (χ3v) is 2.34. The van der Waals surface area contributed by atoms with Crippen molar-refractivity contribution in [3.63, 3.8) is 0 Å². The molecule has 1 aromatic carbocycles. The first kappa shape index (κ1) is 12.9. The molecule has 0 saturated heterocycles. The van der Waals surface area contributed by atoms with Crippen molar-refractivity contribution >= 4 is 17.2 Å². The Labute approximate surface area is 102 Å². The number of benzene rings is 1. The first-order chi connectivity index (χ1) is 7.72. The fraction of sp³-hybridized carbons (Fsp3) is 0.417. The van der Waals surface area contributed by atoms with E-state index in [1.54, 1.807) is 7.11 Å². The lowest BCUT2D eigenvalue weighted by atomic mass is 10.1. The molecular weight excluding hydrogens is 222 g/mol. The highest BCUT2D eigenvalue weighted by atomic mass is 32.1. The summed E-state index contributed by atoms with van der Waals surface area (Å²) < 4.78 is 10.5. The third-order valence-electron chi connectivity index (χ3n) is 2.14. The maximum absolute atomic E-state index is 5.48. The Bertz CT molecular complexity index is 324. The molecule has 0 spiro atoms. The van der Waals surface area contributed by atoms with Crippen molar-refractivity contribution in [2.75, 3.05) is 20.3 Å². The zero-order valence-electron chi connectivity index (χ0n) is 9.44. The Morgan fingerprint density at radius 3 is 2.50 bits per heavy atom. The molecular formula is C12H17NO2S. The molecule has 88 valence electrons. The van der Waals surface area contributed by atoms with E-state index in [1.807, 2.05) is 24.3 Å². The van der Waals surface area contributed by atoms with E-state index in [9.17, 15) is 0 Å². The fourth-order valence-corrected chi connectivity index (χ4v) is 1.33. The van der Waals surface area contributed by atoms with E-state index in [-0.39, 0.29) is 0 Å². The van der Waals surface area contributed by atoms with Gasteiger partial charge in [-0.1, -0.05) is 24.4 Å². The van der Waals surface area contributed by atoms with Crippen LogP contribution >= 0.6 is 12.2 Å². The van der Waals surface area contributed by atoms with Gasteiger partial charge in [-0.2, -0.15) is 0 Å². The highest BCUT2D eigenvalue weighted by molar-refractivity contribution is 7.80. The van der Waals surface area contributed by atoms with Gasteiger partial charge in [0.05, 0.1) is 18.2 Å². The molecule has 0 aliphatic rings. The minimum Gasteiger partial charge on any atom is -0.493 e. The van der Waals surface area contributed by atoms with E-state index in [4.69, 9.17) is 27.4 Å². The van der Waals surface area contributed by atoms with Crippen molar-refractivity contribution in [3.05, 3.63) is 29.8 Å². The number of methoxy groups -OCH3 is 1. The summed E-state index contributed by atoms with van der Waals surface area (Å²) in [7, 11) is 1.70. The molecule has 0 aliphatic heterocycles. The summed E-state index contributed by atoms with van der Waals surface area (Å²) in [5.74, 6) is 0.845. The monoisotopic (exact) mass is 239 g/mol. The fourth-order valence-electron chi connectivity index (χ4n) is 1.24. The Morgan fingerprint density at radius 2 is 1.94 bits per heavy atom. The Balaban J connectivity index is 2.36. The molecule has 0 radical (unpaired) electrons. The van der Waals surface area contributed by atoms with E-state index in [0.29, 0.717) is 18.0 Å². The average molecular weight is 239 g/mol. The number of rotatable bonds is 7. The van der Waals surface area contributed by atoms with E-state index in [0.717, 1.165) is 18.8 Å². The van der Waals surface area contributed by atoms with Crippen LogP contribution in [0, 0.1) is 0 Å². The van der Waals surface area contributed by atoms with Gasteiger partial charge in [-0.15, -0.1) is 0 Å². The Kier molecular flexibility index (Phi) is 5.82. The summed E-state index contributed by atoms with van der Waals surface area (Å²) in [6.45, 7) is 1.27. The van der Waals surface area contributed by atoms with Gasteiger partial charge in [0.2, 0.25) is 0 Å². The number of hydrogen-bond acceptors (Lipinski definition) is 3. The molecule has 16 heavy (non-hydrogen) atoms. The van der Waals surface area contributed by atoms with Crippen molar-refractivity contribution in [1.82, 2.24) is 0 Å². The van der Waals surface area contributed by atoms with Crippen LogP contribution in [0.15, 0.2) is 24.3 Å². The molecule has 3 nitrogen and oxygen atoms in total. The maximum Gasteiger partial charge on any atom is 0.119 e. The molecule has 0 unspecified atom stereocenters. The molecule has 1 aromatic rings. The van der Waals surface area contributed by atoms with Gasteiger partial charge in [0.1, 0.15) is 5.75 Å². The molecule has 0 amide bonds. The van der Waals surface area contributed by atoms with Crippen LogP contribution in [0.5, 0.6) is 5.75 Å². The second kappa shape index (κ2) is 7.19. The lowest BCUT2D eigenvalue weighted by Gasteiger charge is -2.06. The summed E-state index contributed by atoms with van der Waals surface area (Å²) in [4.78, 5) is 0.483. The SMILES string of the molecule is COCCc1ccc(OCCC(N)=S)cc1. The molecule has 1 rings (SSSR count). The smallest absolute Gasteiger partial charge is 0.119 e. The maximum atomic E-state index is 5.48. The summed E-state index contributed by atoms with van der Waals surface area (Å²) in [5.41, 5.74) is 6.61. The predicted molar refractivity (Wildman–Crippen MR) is 68.9 cm³/mol. The third kappa shape index (κ3) is 5.09. The van der Waals surface area contributed by atoms with Gasteiger partial charge in [-0.3, -0.25) is 0 Å². The van der Waals surface area contributed by atoms with Gasteiger partial charge in [-0.25, -0.2) is 0 Å². The first-order valence-corrected chi connectivity index (χ1v) is 5.62. The summed E-state index contributed by atoms with van der Waals surface area (Å²) in [5, 5.41) is 0. The van der Waals surface area contributed by atoms with E-state index < -0.39 is 0 Å². The number of ether oxygens (including phenoxy) is 2. The van der Waals surface area contributed by atoms with Gasteiger partial charge < -0.3 is 15.2 Å². The highest BCUT2D eigenvalue weighted by Crippen LogP contribution is 2.12. The van der Waals surface area contributed by atoms with Gasteiger partial charge in [0, 0.05) is 13.5 Å². The second-order valence-electron chi connectivity index (χ2n) is 3.45. The average Bonchev–Trinajstić information content (AvgIpc) is 2.27. The highest BCUT2D eigenvalue weighted by Gasteiger charge is 1.96. The Hall–Kier alpha value is -1.13. The molecule has 0 heterocycles. The number of thiocarbonyl (C=S) groups is 1. The normalized spacial score (nSPS) is 10.1. The molecule has 0 aliphatic carbocycles. The van der Waals surface area contributed by atoms with Gasteiger partial charge in [-0.05, 0) is 24.1 Å². The van der Waals surface area contributed by atoms with Crippen LogP contribution in [0.4, 0.5) is 0 Å². The summed E-state index contributed by atoms with van der Waals surface area (Å²) in [6, 6.07) is 7.97. The van der Waals surface area contributed by atoms with Crippen LogP contribution < -0.4 is 10.5 Å². The second-order valence-corrected chi connectivity index (χ2v) is 3.98. The minimum atomic E-state index is 0.483. The number of nitrogens with two attached hydrogens (primary N) is 1. The van der Waals surface area contributed by atoms with Crippen LogP contribution in [0.25, 0.3) is 0 Å². The molecule has 2 N–H and O–H groups in total. The van der Waals surface area contributed by atoms with Crippen LogP contribution in [0.3, 0.4) is 0 Å². The first-order valence-electron chi connectivity index (χ1n) is 5.21. The molecule has 0 saturated carbocycles.